The lowest BCUT2D eigenvalue weighted by Gasteiger charge is -2.16. The van der Waals surface area contributed by atoms with Crippen LogP contribution < -0.4 is 4.74 Å². The minimum atomic E-state index is 0.600. The molecule has 0 radical (unpaired) electrons. The molecule has 0 saturated heterocycles. The van der Waals surface area contributed by atoms with Crippen molar-refractivity contribution < 1.29 is 4.74 Å². The molecule has 3 heteroatoms. The summed E-state index contributed by atoms with van der Waals surface area (Å²) in [6, 6.07) is 6.27. The van der Waals surface area contributed by atoms with Crippen LogP contribution in [-0.4, -0.2) is 9.97 Å². The molecule has 0 saturated carbocycles. The molecule has 1 aliphatic heterocycles. The number of nitrogens with one attached hydrogen (secondary N) is 1. The molecule has 0 fully saturated rings. The normalized spacial score (nSPS) is 12.8. The molecule has 3 rings (SSSR count). The predicted molar refractivity (Wildman–Crippen MR) is 67.1 cm³/mol. The van der Waals surface area contributed by atoms with Crippen molar-refractivity contribution in [1.29, 1.82) is 0 Å². The van der Waals surface area contributed by atoms with Gasteiger partial charge in [0.25, 0.3) is 0 Å². The van der Waals surface area contributed by atoms with E-state index in [0.29, 0.717) is 6.61 Å². The Balaban J connectivity index is 2.09. The van der Waals surface area contributed by atoms with E-state index in [1.54, 1.807) is 0 Å². The maximum atomic E-state index is 5.75. The standard InChI is InChI=1S/C14H16N2O/c1-3-4-13-15-11-8-17-12-7-9(2)5-6-10(12)14(11)16-13/h5-7H,3-4,8H2,1-2H3,(H,15,16). The van der Waals surface area contributed by atoms with Crippen LogP contribution in [0.2, 0.25) is 0 Å². The molecule has 88 valence electrons. The fourth-order valence-electron chi connectivity index (χ4n) is 2.24. The molecule has 1 N–H and O–H groups in total. The van der Waals surface area contributed by atoms with Crippen LogP contribution in [0.15, 0.2) is 18.2 Å². The van der Waals surface area contributed by atoms with E-state index in [4.69, 9.17) is 4.74 Å². The number of ether oxygens (including phenoxy) is 1. The summed E-state index contributed by atoms with van der Waals surface area (Å²) < 4.78 is 5.75. The van der Waals surface area contributed by atoms with Crippen molar-refractivity contribution in [3.63, 3.8) is 0 Å². The number of benzene rings is 1. The minimum absolute atomic E-state index is 0.600. The zero-order chi connectivity index (χ0) is 11.8. The van der Waals surface area contributed by atoms with Crippen molar-refractivity contribution in [2.24, 2.45) is 0 Å². The van der Waals surface area contributed by atoms with E-state index in [9.17, 15) is 0 Å². The lowest BCUT2D eigenvalue weighted by Crippen LogP contribution is -2.05. The van der Waals surface area contributed by atoms with Gasteiger partial charge < -0.3 is 9.72 Å². The van der Waals surface area contributed by atoms with Crippen molar-refractivity contribution in [3.8, 4) is 17.0 Å². The van der Waals surface area contributed by atoms with Crippen LogP contribution in [-0.2, 0) is 13.0 Å². The molecule has 3 nitrogen and oxygen atoms in total. The number of aromatic nitrogens is 2. The van der Waals surface area contributed by atoms with E-state index in [2.05, 4.69) is 42.0 Å². The second-order valence-corrected chi connectivity index (χ2v) is 4.55. The summed E-state index contributed by atoms with van der Waals surface area (Å²) in [5, 5.41) is 0. The van der Waals surface area contributed by atoms with E-state index in [1.807, 2.05) is 0 Å². The monoisotopic (exact) mass is 228 g/mol. The van der Waals surface area contributed by atoms with Gasteiger partial charge in [-0.3, -0.25) is 0 Å². The molecule has 0 bridgehead atoms. The van der Waals surface area contributed by atoms with E-state index >= 15 is 0 Å². The molecule has 1 aromatic carbocycles. The highest BCUT2D eigenvalue weighted by Crippen LogP contribution is 2.36. The number of fused-ring (bicyclic) bond motifs is 3. The van der Waals surface area contributed by atoms with Crippen LogP contribution in [0.25, 0.3) is 11.3 Å². The highest BCUT2D eigenvalue weighted by molar-refractivity contribution is 5.71. The molecule has 1 aliphatic rings. The highest BCUT2D eigenvalue weighted by Gasteiger charge is 2.21. The predicted octanol–water partition coefficient (Wildman–Crippen LogP) is 3.23. The van der Waals surface area contributed by atoms with Crippen LogP contribution in [0.5, 0.6) is 5.75 Å². The number of aromatic amines is 1. The number of nitrogens with zero attached hydrogens (tertiary/aromatic N) is 1. The Bertz CT molecular complexity index is 557. The average molecular weight is 228 g/mol. The summed E-state index contributed by atoms with van der Waals surface area (Å²) in [5.74, 6) is 2.02. The number of rotatable bonds is 2. The molecule has 0 amide bonds. The molecule has 2 aromatic rings. The van der Waals surface area contributed by atoms with E-state index in [-0.39, 0.29) is 0 Å². The Labute approximate surface area is 101 Å². The van der Waals surface area contributed by atoms with Crippen molar-refractivity contribution >= 4 is 0 Å². The minimum Gasteiger partial charge on any atom is -0.487 e. The molecule has 0 unspecified atom stereocenters. The Hall–Kier alpha value is -1.77. The summed E-state index contributed by atoms with van der Waals surface area (Å²) in [5.41, 5.74) is 4.49. The molecule has 0 aliphatic carbocycles. The van der Waals surface area contributed by atoms with E-state index in [0.717, 1.165) is 41.4 Å². The SMILES string of the molecule is CCCc1nc2c([nH]1)COc1cc(C)ccc1-2. The molecule has 0 spiro atoms. The summed E-state index contributed by atoms with van der Waals surface area (Å²) in [6.45, 7) is 4.84. The lowest BCUT2D eigenvalue weighted by atomic mass is 10.0. The smallest absolute Gasteiger partial charge is 0.130 e. The van der Waals surface area contributed by atoms with Crippen molar-refractivity contribution in [2.75, 3.05) is 0 Å². The summed E-state index contributed by atoms with van der Waals surface area (Å²) >= 11 is 0. The quantitative estimate of drug-likeness (QED) is 0.857. The Morgan fingerprint density at radius 1 is 1.41 bits per heavy atom. The zero-order valence-electron chi connectivity index (χ0n) is 10.2. The molecule has 17 heavy (non-hydrogen) atoms. The molecular formula is C14H16N2O. The summed E-state index contributed by atoms with van der Waals surface area (Å²) in [7, 11) is 0. The average Bonchev–Trinajstić information content (AvgIpc) is 2.72. The van der Waals surface area contributed by atoms with Gasteiger partial charge >= 0.3 is 0 Å². The second-order valence-electron chi connectivity index (χ2n) is 4.55. The highest BCUT2D eigenvalue weighted by atomic mass is 16.5. The third-order valence-corrected chi connectivity index (χ3v) is 3.08. The molecule has 0 atom stereocenters. The first kappa shape index (κ1) is 10.4. The van der Waals surface area contributed by atoms with Crippen molar-refractivity contribution in [3.05, 3.63) is 35.3 Å². The number of hydrogen-bond donors (Lipinski definition) is 1. The van der Waals surface area contributed by atoms with E-state index < -0.39 is 0 Å². The number of aryl methyl sites for hydroxylation is 2. The fraction of sp³-hybridized carbons (Fsp3) is 0.357. The van der Waals surface area contributed by atoms with Gasteiger partial charge in [-0.25, -0.2) is 4.98 Å². The van der Waals surface area contributed by atoms with Gasteiger partial charge in [0.05, 0.1) is 11.4 Å². The maximum Gasteiger partial charge on any atom is 0.130 e. The first-order valence-corrected chi connectivity index (χ1v) is 6.09. The summed E-state index contributed by atoms with van der Waals surface area (Å²) in [4.78, 5) is 8.03. The van der Waals surface area contributed by atoms with Gasteiger partial charge in [0.1, 0.15) is 18.2 Å². The molecule has 2 heterocycles. The number of imidazole rings is 1. The van der Waals surface area contributed by atoms with Crippen LogP contribution >= 0.6 is 0 Å². The zero-order valence-corrected chi connectivity index (χ0v) is 10.2. The first-order chi connectivity index (χ1) is 8.28. The van der Waals surface area contributed by atoms with Gasteiger partial charge in [-0.05, 0) is 31.0 Å². The van der Waals surface area contributed by atoms with Gasteiger partial charge in [0.15, 0.2) is 0 Å². The summed E-state index contributed by atoms with van der Waals surface area (Å²) in [6.07, 6.45) is 2.10. The Kier molecular flexibility index (Phi) is 2.39. The van der Waals surface area contributed by atoms with Gasteiger partial charge in [-0.15, -0.1) is 0 Å². The number of hydrogen-bond acceptors (Lipinski definition) is 2. The maximum absolute atomic E-state index is 5.75. The van der Waals surface area contributed by atoms with Crippen molar-refractivity contribution in [2.45, 2.75) is 33.3 Å². The van der Waals surface area contributed by atoms with Crippen LogP contribution in [0.4, 0.5) is 0 Å². The molecule has 1 aromatic heterocycles. The third kappa shape index (κ3) is 1.71. The Morgan fingerprint density at radius 3 is 3.12 bits per heavy atom. The van der Waals surface area contributed by atoms with Gasteiger partial charge in [0.2, 0.25) is 0 Å². The van der Waals surface area contributed by atoms with Gasteiger partial charge in [0, 0.05) is 12.0 Å². The van der Waals surface area contributed by atoms with Crippen molar-refractivity contribution in [1.82, 2.24) is 9.97 Å². The lowest BCUT2D eigenvalue weighted by molar-refractivity contribution is 0.297. The van der Waals surface area contributed by atoms with E-state index in [1.165, 1.54) is 5.56 Å². The topological polar surface area (TPSA) is 37.9 Å². The third-order valence-electron chi connectivity index (χ3n) is 3.08. The largest absolute Gasteiger partial charge is 0.487 e. The number of H-pyrrole nitrogens is 1. The van der Waals surface area contributed by atoms with Gasteiger partial charge in [-0.1, -0.05) is 13.0 Å². The van der Waals surface area contributed by atoms with Crippen LogP contribution in [0.1, 0.15) is 30.4 Å². The fourth-order valence-corrected chi connectivity index (χ4v) is 2.24. The van der Waals surface area contributed by atoms with Gasteiger partial charge in [-0.2, -0.15) is 0 Å². The van der Waals surface area contributed by atoms with Crippen LogP contribution in [0, 0.1) is 6.92 Å². The first-order valence-electron chi connectivity index (χ1n) is 6.09. The molecular weight excluding hydrogens is 212 g/mol. The second kappa shape index (κ2) is 3.91. The van der Waals surface area contributed by atoms with Crippen LogP contribution in [0.3, 0.4) is 0 Å². The Morgan fingerprint density at radius 2 is 2.29 bits per heavy atom.